The number of nitrogens with one attached hydrogen (secondary N) is 1. The molecule has 0 aliphatic carbocycles. The average molecular weight is 322 g/mol. The van der Waals surface area contributed by atoms with Crippen molar-refractivity contribution in [2.45, 2.75) is 39.3 Å². The maximum atomic E-state index is 12.6. The molecular weight excluding hydrogens is 300 g/mol. The number of benzene rings is 2. The van der Waals surface area contributed by atoms with E-state index in [0.717, 1.165) is 23.2 Å². The molecule has 1 unspecified atom stereocenters. The van der Waals surface area contributed by atoms with Gasteiger partial charge in [0.05, 0.1) is 0 Å². The van der Waals surface area contributed by atoms with Gasteiger partial charge in [0.2, 0.25) is 11.8 Å². The van der Waals surface area contributed by atoms with Crippen LogP contribution < -0.4 is 10.2 Å². The Morgan fingerprint density at radius 1 is 1.12 bits per heavy atom. The van der Waals surface area contributed by atoms with E-state index in [1.807, 2.05) is 62.4 Å². The van der Waals surface area contributed by atoms with Crippen molar-refractivity contribution in [3.63, 3.8) is 0 Å². The summed E-state index contributed by atoms with van der Waals surface area (Å²) in [6.07, 6.45) is 0.720. The van der Waals surface area contributed by atoms with Crippen LogP contribution in [0.25, 0.3) is 0 Å². The van der Waals surface area contributed by atoms with E-state index in [1.54, 1.807) is 4.90 Å². The molecule has 1 aliphatic rings. The summed E-state index contributed by atoms with van der Waals surface area (Å²) in [5.74, 6) is -0.380. The third-order valence-corrected chi connectivity index (χ3v) is 4.52. The first-order valence-corrected chi connectivity index (χ1v) is 8.27. The van der Waals surface area contributed by atoms with Crippen LogP contribution in [0.1, 0.15) is 30.0 Å². The van der Waals surface area contributed by atoms with E-state index in [0.29, 0.717) is 6.54 Å². The van der Waals surface area contributed by atoms with Crippen LogP contribution in [-0.2, 0) is 22.6 Å². The van der Waals surface area contributed by atoms with Gasteiger partial charge in [-0.3, -0.25) is 9.59 Å². The van der Waals surface area contributed by atoms with Crippen molar-refractivity contribution in [2.75, 3.05) is 4.90 Å². The molecule has 1 aliphatic heterocycles. The number of aryl methyl sites for hydroxylation is 1. The Kier molecular flexibility index (Phi) is 4.65. The molecule has 0 bridgehead atoms. The smallest absolute Gasteiger partial charge is 0.236 e. The highest BCUT2D eigenvalue weighted by molar-refractivity contribution is 6.06. The summed E-state index contributed by atoms with van der Waals surface area (Å²) in [6.45, 7) is 4.48. The summed E-state index contributed by atoms with van der Waals surface area (Å²) >= 11 is 0. The summed E-state index contributed by atoms with van der Waals surface area (Å²) in [4.78, 5) is 26.5. The van der Waals surface area contributed by atoms with Crippen LogP contribution in [-0.4, -0.2) is 17.9 Å². The van der Waals surface area contributed by atoms with Crippen molar-refractivity contribution in [1.82, 2.24) is 5.32 Å². The molecule has 0 aromatic heterocycles. The predicted molar refractivity (Wildman–Crippen MR) is 94.7 cm³/mol. The van der Waals surface area contributed by atoms with Gasteiger partial charge in [0, 0.05) is 18.3 Å². The minimum atomic E-state index is -0.236. The predicted octanol–water partition coefficient (Wildman–Crippen LogP) is 2.98. The van der Waals surface area contributed by atoms with Gasteiger partial charge in [-0.25, -0.2) is 0 Å². The van der Waals surface area contributed by atoms with Gasteiger partial charge in [-0.05, 0) is 43.0 Å². The largest absolute Gasteiger partial charge is 0.352 e. The van der Waals surface area contributed by atoms with Gasteiger partial charge < -0.3 is 10.2 Å². The molecule has 4 heteroatoms. The van der Waals surface area contributed by atoms with Gasteiger partial charge >= 0.3 is 0 Å². The number of nitrogens with zero attached hydrogens (tertiary/aromatic N) is 1. The van der Waals surface area contributed by atoms with Crippen LogP contribution in [0.2, 0.25) is 0 Å². The molecule has 2 amide bonds. The van der Waals surface area contributed by atoms with Gasteiger partial charge in [0.15, 0.2) is 0 Å². The first-order chi connectivity index (χ1) is 11.6. The summed E-state index contributed by atoms with van der Waals surface area (Å²) in [5.41, 5.74) is 4.30. The highest BCUT2D eigenvalue weighted by Crippen LogP contribution is 2.32. The van der Waals surface area contributed by atoms with E-state index >= 15 is 0 Å². The number of carbonyl (C=O) groups is 2. The molecule has 4 nitrogen and oxygen atoms in total. The zero-order valence-corrected chi connectivity index (χ0v) is 14.1. The molecule has 1 heterocycles. The minimum Gasteiger partial charge on any atom is -0.352 e. The minimum absolute atomic E-state index is 0.0964. The average Bonchev–Trinajstić information content (AvgIpc) is 2.90. The van der Waals surface area contributed by atoms with Crippen LogP contribution in [0, 0.1) is 6.92 Å². The van der Waals surface area contributed by atoms with Gasteiger partial charge in [0.1, 0.15) is 6.42 Å². The zero-order valence-electron chi connectivity index (χ0n) is 14.1. The molecule has 2 aromatic carbocycles. The number of hydrogen-bond acceptors (Lipinski definition) is 2. The van der Waals surface area contributed by atoms with Crippen molar-refractivity contribution < 1.29 is 9.59 Å². The molecule has 3 rings (SSSR count). The molecule has 1 N–H and O–H groups in total. The fourth-order valence-electron chi connectivity index (χ4n) is 3.23. The monoisotopic (exact) mass is 322 g/mol. The standard InChI is InChI=1S/C20H22N2O2/c1-14-7-3-4-9-17(14)13-21-19(23)12-20(24)22-15(2)11-16-8-5-6-10-18(16)22/h3-10,15H,11-13H2,1-2H3,(H,21,23). The first kappa shape index (κ1) is 16.2. The molecule has 124 valence electrons. The van der Waals surface area contributed by atoms with Crippen molar-refractivity contribution in [2.24, 2.45) is 0 Å². The van der Waals surface area contributed by atoms with Crippen LogP contribution in [0.5, 0.6) is 0 Å². The highest BCUT2D eigenvalue weighted by Gasteiger charge is 2.31. The molecule has 0 saturated heterocycles. The molecule has 0 saturated carbocycles. The molecule has 2 aromatic rings. The summed E-state index contributed by atoms with van der Waals surface area (Å²) in [7, 11) is 0. The quantitative estimate of drug-likeness (QED) is 0.880. The van der Waals surface area contributed by atoms with E-state index in [1.165, 1.54) is 5.56 Å². The lowest BCUT2D eigenvalue weighted by Gasteiger charge is -2.22. The number of fused-ring (bicyclic) bond motifs is 1. The van der Waals surface area contributed by atoms with E-state index in [9.17, 15) is 9.59 Å². The van der Waals surface area contributed by atoms with Crippen molar-refractivity contribution in [3.8, 4) is 0 Å². The third-order valence-electron chi connectivity index (χ3n) is 4.52. The molecular formula is C20H22N2O2. The number of rotatable bonds is 4. The van der Waals surface area contributed by atoms with Gasteiger partial charge in [-0.15, -0.1) is 0 Å². The molecule has 0 spiro atoms. The Balaban J connectivity index is 1.61. The Labute approximate surface area is 142 Å². The topological polar surface area (TPSA) is 49.4 Å². The van der Waals surface area contributed by atoms with Crippen LogP contribution >= 0.6 is 0 Å². The summed E-state index contributed by atoms with van der Waals surface area (Å²) in [5, 5.41) is 2.85. The number of para-hydroxylation sites is 1. The number of carbonyl (C=O) groups excluding carboxylic acids is 2. The maximum absolute atomic E-state index is 12.6. The van der Waals surface area contributed by atoms with Gasteiger partial charge in [-0.2, -0.15) is 0 Å². The SMILES string of the molecule is Cc1ccccc1CNC(=O)CC(=O)N1c2ccccc2CC1C. The van der Waals surface area contributed by atoms with E-state index in [2.05, 4.69) is 5.32 Å². The van der Waals surface area contributed by atoms with Crippen LogP contribution in [0.4, 0.5) is 5.69 Å². The second kappa shape index (κ2) is 6.87. The Bertz CT molecular complexity index is 770. The number of amides is 2. The van der Waals surface area contributed by atoms with E-state index < -0.39 is 0 Å². The third kappa shape index (κ3) is 3.32. The summed E-state index contributed by atoms with van der Waals surface area (Å²) in [6, 6.07) is 15.9. The van der Waals surface area contributed by atoms with Crippen LogP contribution in [0.3, 0.4) is 0 Å². The van der Waals surface area contributed by atoms with Crippen molar-refractivity contribution in [1.29, 1.82) is 0 Å². The molecule has 0 radical (unpaired) electrons. The lowest BCUT2D eigenvalue weighted by atomic mass is 10.1. The fourth-order valence-corrected chi connectivity index (χ4v) is 3.23. The second-order valence-electron chi connectivity index (χ2n) is 6.33. The van der Waals surface area contributed by atoms with E-state index in [4.69, 9.17) is 0 Å². The lowest BCUT2D eigenvalue weighted by Crippen LogP contribution is -2.39. The normalized spacial score (nSPS) is 15.9. The first-order valence-electron chi connectivity index (χ1n) is 8.27. The van der Waals surface area contributed by atoms with Crippen molar-refractivity contribution in [3.05, 3.63) is 65.2 Å². The molecule has 1 atom stereocenters. The summed E-state index contributed by atoms with van der Waals surface area (Å²) < 4.78 is 0. The molecule has 0 fully saturated rings. The lowest BCUT2D eigenvalue weighted by molar-refractivity contribution is -0.128. The second-order valence-corrected chi connectivity index (χ2v) is 6.33. The Hall–Kier alpha value is -2.62. The zero-order chi connectivity index (χ0) is 17.1. The molecule has 24 heavy (non-hydrogen) atoms. The van der Waals surface area contributed by atoms with Gasteiger partial charge in [-0.1, -0.05) is 42.5 Å². The van der Waals surface area contributed by atoms with Crippen molar-refractivity contribution >= 4 is 17.5 Å². The van der Waals surface area contributed by atoms with E-state index in [-0.39, 0.29) is 24.3 Å². The van der Waals surface area contributed by atoms with Crippen LogP contribution in [0.15, 0.2) is 48.5 Å². The highest BCUT2D eigenvalue weighted by atomic mass is 16.2. The van der Waals surface area contributed by atoms with Gasteiger partial charge in [0.25, 0.3) is 0 Å². The Morgan fingerprint density at radius 2 is 1.83 bits per heavy atom. The Morgan fingerprint density at radius 3 is 2.62 bits per heavy atom. The number of anilines is 1. The number of hydrogen-bond donors (Lipinski definition) is 1. The fraction of sp³-hybridized carbons (Fsp3) is 0.300. The maximum Gasteiger partial charge on any atom is 0.236 e.